The standard InChI is InChI=1S/C10H15NO/c1-2-8-4-3-5-9(6-7-11)10(8)12/h3-5,12H,2,6-7,11H2,1H3. The Morgan fingerprint density at radius 2 is 2.00 bits per heavy atom. The van der Waals surface area contributed by atoms with Crippen LogP contribution in [0.15, 0.2) is 18.2 Å². The number of rotatable bonds is 3. The maximum Gasteiger partial charge on any atom is 0.121 e. The number of aryl methyl sites for hydroxylation is 1. The molecule has 0 aliphatic rings. The van der Waals surface area contributed by atoms with Crippen molar-refractivity contribution < 1.29 is 5.11 Å². The Bertz CT molecular complexity index is 258. The highest BCUT2D eigenvalue weighted by Crippen LogP contribution is 2.22. The van der Waals surface area contributed by atoms with Crippen LogP contribution in [-0.2, 0) is 12.8 Å². The molecule has 1 aromatic carbocycles. The fourth-order valence-electron chi connectivity index (χ4n) is 1.29. The Kier molecular flexibility index (Phi) is 3.11. The molecule has 0 fully saturated rings. The van der Waals surface area contributed by atoms with Gasteiger partial charge in [0.2, 0.25) is 0 Å². The highest BCUT2D eigenvalue weighted by Gasteiger charge is 2.03. The Morgan fingerprint density at radius 3 is 2.58 bits per heavy atom. The first-order valence-electron chi connectivity index (χ1n) is 4.29. The molecule has 0 aliphatic heterocycles. The molecule has 0 spiro atoms. The summed E-state index contributed by atoms with van der Waals surface area (Å²) in [4.78, 5) is 0. The zero-order valence-electron chi connectivity index (χ0n) is 7.38. The van der Waals surface area contributed by atoms with Crippen molar-refractivity contribution in [1.82, 2.24) is 0 Å². The lowest BCUT2D eigenvalue weighted by atomic mass is 10.0. The maximum atomic E-state index is 9.66. The number of phenolic OH excluding ortho intramolecular Hbond substituents is 1. The van der Waals surface area contributed by atoms with Crippen molar-refractivity contribution in [3.63, 3.8) is 0 Å². The predicted octanol–water partition coefficient (Wildman–Crippen LogP) is 1.46. The molecular weight excluding hydrogens is 150 g/mol. The van der Waals surface area contributed by atoms with E-state index in [1.165, 1.54) is 0 Å². The van der Waals surface area contributed by atoms with E-state index in [4.69, 9.17) is 5.73 Å². The van der Waals surface area contributed by atoms with E-state index in [-0.39, 0.29) is 0 Å². The van der Waals surface area contributed by atoms with Crippen LogP contribution in [0.3, 0.4) is 0 Å². The summed E-state index contributed by atoms with van der Waals surface area (Å²) in [5.41, 5.74) is 7.37. The van der Waals surface area contributed by atoms with Gasteiger partial charge in [-0.3, -0.25) is 0 Å². The number of benzene rings is 1. The molecule has 3 N–H and O–H groups in total. The van der Waals surface area contributed by atoms with Gasteiger partial charge < -0.3 is 10.8 Å². The third-order valence-corrected chi connectivity index (χ3v) is 2.00. The highest BCUT2D eigenvalue weighted by molar-refractivity contribution is 5.40. The number of nitrogens with two attached hydrogens (primary N) is 1. The van der Waals surface area contributed by atoms with Crippen LogP contribution >= 0.6 is 0 Å². The van der Waals surface area contributed by atoms with E-state index in [1.54, 1.807) is 0 Å². The average molecular weight is 165 g/mol. The molecule has 0 saturated heterocycles. The number of phenols is 1. The van der Waals surface area contributed by atoms with Crippen LogP contribution in [0.4, 0.5) is 0 Å². The summed E-state index contributed by atoms with van der Waals surface area (Å²) in [7, 11) is 0. The van der Waals surface area contributed by atoms with Gasteiger partial charge >= 0.3 is 0 Å². The molecule has 0 saturated carbocycles. The SMILES string of the molecule is CCc1cccc(CCN)c1O. The van der Waals surface area contributed by atoms with E-state index >= 15 is 0 Å². The van der Waals surface area contributed by atoms with Gasteiger partial charge in [-0.1, -0.05) is 25.1 Å². The second-order valence-electron chi connectivity index (χ2n) is 2.82. The first kappa shape index (κ1) is 9.07. The van der Waals surface area contributed by atoms with Crippen LogP contribution in [0.1, 0.15) is 18.1 Å². The topological polar surface area (TPSA) is 46.2 Å². The summed E-state index contributed by atoms with van der Waals surface area (Å²) >= 11 is 0. The smallest absolute Gasteiger partial charge is 0.121 e. The molecule has 0 aliphatic carbocycles. The molecule has 0 bridgehead atoms. The molecule has 2 nitrogen and oxygen atoms in total. The van der Waals surface area contributed by atoms with E-state index in [2.05, 4.69) is 0 Å². The molecule has 0 atom stereocenters. The van der Waals surface area contributed by atoms with Crippen LogP contribution < -0.4 is 5.73 Å². The zero-order chi connectivity index (χ0) is 8.97. The van der Waals surface area contributed by atoms with Crippen molar-refractivity contribution in [1.29, 1.82) is 0 Å². The first-order chi connectivity index (χ1) is 5.79. The third kappa shape index (κ3) is 1.77. The summed E-state index contributed by atoms with van der Waals surface area (Å²) in [6, 6.07) is 5.82. The van der Waals surface area contributed by atoms with E-state index in [0.717, 1.165) is 24.0 Å². The molecule has 0 amide bonds. The van der Waals surface area contributed by atoms with E-state index in [9.17, 15) is 5.11 Å². The van der Waals surface area contributed by atoms with Crippen molar-refractivity contribution in [3.8, 4) is 5.75 Å². The van der Waals surface area contributed by atoms with Crippen LogP contribution in [0.2, 0.25) is 0 Å². The Balaban J connectivity index is 2.97. The lowest BCUT2D eigenvalue weighted by molar-refractivity contribution is 0.462. The molecule has 0 radical (unpaired) electrons. The first-order valence-corrected chi connectivity index (χ1v) is 4.29. The van der Waals surface area contributed by atoms with Gasteiger partial charge in [0, 0.05) is 0 Å². The molecule has 0 aromatic heterocycles. The van der Waals surface area contributed by atoms with Gasteiger partial charge in [-0.25, -0.2) is 0 Å². The van der Waals surface area contributed by atoms with Gasteiger partial charge in [-0.05, 0) is 30.5 Å². The minimum Gasteiger partial charge on any atom is -0.507 e. The van der Waals surface area contributed by atoms with Crippen molar-refractivity contribution >= 4 is 0 Å². The van der Waals surface area contributed by atoms with Crippen LogP contribution in [0.5, 0.6) is 5.75 Å². The van der Waals surface area contributed by atoms with Crippen molar-refractivity contribution in [2.75, 3.05) is 6.54 Å². The van der Waals surface area contributed by atoms with E-state index < -0.39 is 0 Å². The minimum atomic E-state index is 0.422. The van der Waals surface area contributed by atoms with E-state index in [0.29, 0.717) is 12.3 Å². The van der Waals surface area contributed by atoms with Crippen molar-refractivity contribution in [2.24, 2.45) is 5.73 Å². The lowest BCUT2D eigenvalue weighted by Gasteiger charge is -2.06. The Morgan fingerprint density at radius 1 is 1.33 bits per heavy atom. The largest absolute Gasteiger partial charge is 0.507 e. The summed E-state index contributed by atoms with van der Waals surface area (Å²) < 4.78 is 0. The molecular formula is C10H15NO. The monoisotopic (exact) mass is 165 g/mol. The van der Waals surface area contributed by atoms with Gasteiger partial charge in [0.05, 0.1) is 0 Å². The summed E-state index contributed by atoms with van der Waals surface area (Å²) in [6.45, 7) is 2.61. The van der Waals surface area contributed by atoms with Gasteiger partial charge in [0.15, 0.2) is 0 Å². The molecule has 1 rings (SSSR count). The summed E-state index contributed by atoms with van der Waals surface area (Å²) in [5, 5.41) is 9.66. The lowest BCUT2D eigenvalue weighted by Crippen LogP contribution is -2.03. The van der Waals surface area contributed by atoms with Gasteiger partial charge in [-0.2, -0.15) is 0 Å². The van der Waals surface area contributed by atoms with Crippen LogP contribution in [0, 0.1) is 0 Å². The third-order valence-electron chi connectivity index (χ3n) is 2.00. The highest BCUT2D eigenvalue weighted by atomic mass is 16.3. The summed E-state index contributed by atoms with van der Waals surface area (Å²) in [6.07, 6.45) is 1.61. The fourth-order valence-corrected chi connectivity index (χ4v) is 1.29. The van der Waals surface area contributed by atoms with E-state index in [1.807, 2.05) is 25.1 Å². The van der Waals surface area contributed by atoms with Gasteiger partial charge in [0.25, 0.3) is 0 Å². The summed E-state index contributed by atoms with van der Waals surface area (Å²) in [5.74, 6) is 0.422. The van der Waals surface area contributed by atoms with Crippen molar-refractivity contribution in [2.45, 2.75) is 19.8 Å². The Hall–Kier alpha value is -1.02. The van der Waals surface area contributed by atoms with Crippen LogP contribution in [0.25, 0.3) is 0 Å². The maximum absolute atomic E-state index is 9.66. The van der Waals surface area contributed by atoms with Gasteiger partial charge in [-0.15, -0.1) is 0 Å². The molecule has 66 valence electrons. The molecule has 0 unspecified atom stereocenters. The minimum absolute atomic E-state index is 0.422. The second-order valence-corrected chi connectivity index (χ2v) is 2.82. The number of hydrogen-bond donors (Lipinski definition) is 2. The van der Waals surface area contributed by atoms with Crippen molar-refractivity contribution in [3.05, 3.63) is 29.3 Å². The zero-order valence-corrected chi connectivity index (χ0v) is 7.38. The average Bonchev–Trinajstić information content (AvgIpc) is 2.09. The molecule has 2 heteroatoms. The number of aromatic hydroxyl groups is 1. The van der Waals surface area contributed by atoms with Gasteiger partial charge in [0.1, 0.15) is 5.75 Å². The predicted molar refractivity (Wildman–Crippen MR) is 50.2 cm³/mol. The molecule has 1 aromatic rings. The van der Waals surface area contributed by atoms with Crippen LogP contribution in [-0.4, -0.2) is 11.7 Å². The number of hydrogen-bond acceptors (Lipinski definition) is 2. The molecule has 12 heavy (non-hydrogen) atoms. The Labute approximate surface area is 73.0 Å². The number of para-hydroxylation sites is 1. The molecule has 0 heterocycles. The second kappa shape index (κ2) is 4.12. The quantitative estimate of drug-likeness (QED) is 0.712. The fraction of sp³-hybridized carbons (Fsp3) is 0.400. The normalized spacial score (nSPS) is 10.2.